The Labute approximate surface area is 275 Å². The van der Waals surface area contributed by atoms with Gasteiger partial charge < -0.3 is 39.1 Å². The smallest absolute Gasteiger partial charge is 0.256 e. The molecule has 1 atom stereocenters. The second-order valence-corrected chi connectivity index (χ2v) is 13.2. The number of ether oxygens (including phenoxy) is 1. The zero-order chi connectivity index (χ0) is 33.1. The van der Waals surface area contributed by atoms with Gasteiger partial charge in [0.05, 0.1) is 17.6 Å². The summed E-state index contributed by atoms with van der Waals surface area (Å²) >= 11 is 0. The Hall–Kier alpha value is -4.94. The molecule has 0 bridgehead atoms. The van der Waals surface area contributed by atoms with Crippen molar-refractivity contribution in [3.8, 4) is 17.2 Å². The molecule has 2 amide bonds. The predicted octanol–water partition coefficient (Wildman–Crippen LogP) is 4.22. The molecule has 11 nitrogen and oxygen atoms in total. The van der Waals surface area contributed by atoms with E-state index in [-0.39, 0.29) is 40.9 Å². The number of rotatable bonds is 8. The lowest BCUT2D eigenvalue weighted by molar-refractivity contribution is -0.122. The molecule has 2 N–H and O–H groups in total. The van der Waals surface area contributed by atoms with Crippen LogP contribution in [0.3, 0.4) is 0 Å². The number of carbonyl (C=O) groups is 2. The van der Waals surface area contributed by atoms with Gasteiger partial charge in [0.2, 0.25) is 11.3 Å². The standard InChI is InChI=1S/C36H37FN6O5/c1-40(2)20-31(44)39-21-9-13-42(18-21)33-26(37)15-24-32-35(33)48-30-16-23-22-7-3-4-8-28(22)47-29(23)17-27(30)43(32)19-25(34(24)45)36(46)38-10-14-41-11-5-6-12-41/h3-4,7-8,15-17,19,21H,5-6,9-14,18,20H2,1-2H3,(H,38,46)(H,39,44)/t21-/m1/s1. The summed E-state index contributed by atoms with van der Waals surface area (Å²) in [5.41, 5.74) is 1.82. The highest BCUT2D eigenvalue weighted by molar-refractivity contribution is 6.07. The van der Waals surface area contributed by atoms with Crippen LogP contribution in [0.5, 0.6) is 11.5 Å². The maximum Gasteiger partial charge on any atom is 0.256 e. The fourth-order valence-electron chi connectivity index (χ4n) is 7.35. The minimum atomic E-state index is -0.633. The summed E-state index contributed by atoms with van der Waals surface area (Å²) in [5.74, 6) is -0.610. The molecule has 48 heavy (non-hydrogen) atoms. The number of amides is 2. The first-order chi connectivity index (χ1) is 23.2. The Bertz CT molecular complexity index is 2170. The molecule has 8 rings (SSSR count). The minimum absolute atomic E-state index is 0.0452. The number of hydrogen-bond acceptors (Lipinski definition) is 8. The van der Waals surface area contributed by atoms with E-state index in [0.29, 0.717) is 60.7 Å². The zero-order valence-electron chi connectivity index (χ0n) is 27.0. The summed E-state index contributed by atoms with van der Waals surface area (Å²) in [7, 11) is 3.66. The number of hydrogen-bond donors (Lipinski definition) is 2. The van der Waals surface area contributed by atoms with Crippen molar-refractivity contribution in [2.24, 2.45) is 0 Å². The maximum atomic E-state index is 16.3. The first-order valence-corrected chi connectivity index (χ1v) is 16.5. The number of carbonyl (C=O) groups excluding carboxylic acids is 2. The van der Waals surface area contributed by atoms with E-state index >= 15 is 4.39 Å². The summed E-state index contributed by atoms with van der Waals surface area (Å²) in [4.78, 5) is 45.9. The van der Waals surface area contributed by atoms with E-state index < -0.39 is 17.2 Å². The molecule has 5 aromatic rings. The van der Waals surface area contributed by atoms with E-state index in [9.17, 15) is 14.4 Å². The van der Waals surface area contributed by atoms with Gasteiger partial charge in [-0.3, -0.25) is 14.4 Å². The number of nitrogens with zero attached hydrogens (tertiary/aromatic N) is 4. The number of aromatic nitrogens is 1. The van der Waals surface area contributed by atoms with Crippen molar-refractivity contribution < 1.29 is 23.1 Å². The SMILES string of the molecule is CN(C)CC(=O)N[C@@H]1CCN(c2c(F)cc3c(=O)c(C(=O)NCCN4CCCC4)cn4c3c2Oc2cc3c(cc2-4)oc2ccccc23)C1. The van der Waals surface area contributed by atoms with Crippen molar-refractivity contribution in [2.45, 2.75) is 25.3 Å². The van der Waals surface area contributed by atoms with E-state index in [4.69, 9.17) is 9.15 Å². The lowest BCUT2D eigenvalue weighted by Gasteiger charge is -2.29. The van der Waals surface area contributed by atoms with Crippen molar-refractivity contribution in [1.82, 2.24) is 25.0 Å². The Kier molecular flexibility index (Phi) is 7.56. The monoisotopic (exact) mass is 652 g/mol. The molecular formula is C36H37FN6O5. The molecule has 0 spiro atoms. The molecule has 0 aliphatic carbocycles. The van der Waals surface area contributed by atoms with Crippen molar-refractivity contribution in [2.75, 3.05) is 64.8 Å². The van der Waals surface area contributed by atoms with Crippen LogP contribution in [-0.4, -0.2) is 92.1 Å². The summed E-state index contributed by atoms with van der Waals surface area (Å²) in [6.07, 6.45) is 4.44. The molecule has 5 heterocycles. The number of likely N-dealkylation sites (tertiary alicyclic amines) is 1. The molecule has 2 aromatic heterocycles. The number of anilines is 1. The van der Waals surface area contributed by atoms with Crippen LogP contribution in [0.4, 0.5) is 10.1 Å². The molecule has 248 valence electrons. The van der Waals surface area contributed by atoms with E-state index in [2.05, 4.69) is 15.5 Å². The summed E-state index contributed by atoms with van der Waals surface area (Å²) in [6.45, 7) is 4.19. The molecule has 0 unspecified atom stereocenters. The fraction of sp³-hybridized carbons (Fsp3) is 0.361. The number of pyridine rings is 1. The summed E-state index contributed by atoms with van der Waals surface area (Å²) in [6, 6.07) is 12.4. The number of fused-ring (bicyclic) bond motifs is 5. The third-order valence-electron chi connectivity index (χ3n) is 9.59. The third kappa shape index (κ3) is 5.25. The first kappa shape index (κ1) is 30.4. The highest BCUT2D eigenvalue weighted by Crippen LogP contribution is 2.49. The largest absolute Gasteiger partial charge is 0.456 e. The van der Waals surface area contributed by atoms with Gasteiger partial charge in [-0.1, -0.05) is 18.2 Å². The first-order valence-electron chi connectivity index (χ1n) is 16.5. The quantitative estimate of drug-likeness (QED) is 0.252. The van der Waals surface area contributed by atoms with Crippen LogP contribution in [0.1, 0.15) is 29.6 Å². The van der Waals surface area contributed by atoms with Crippen LogP contribution in [-0.2, 0) is 4.79 Å². The Morgan fingerprint density at radius 3 is 2.65 bits per heavy atom. The Balaban J connectivity index is 1.24. The molecule has 3 aliphatic heterocycles. The van der Waals surface area contributed by atoms with E-state index in [1.807, 2.05) is 55.4 Å². The molecule has 12 heteroatoms. The molecule has 2 saturated heterocycles. The second kappa shape index (κ2) is 11.9. The van der Waals surface area contributed by atoms with Crippen LogP contribution < -0.4 is 25.7 Å². The number of furan rings is 1. The van der Waals surface area contributed by atoms with Gasteiger partial charge in [0.1, 0.15) is 27.9 Å². The molecule has 0 radical (unpaired) electrons. The van der Waals surface area contributed by atoms with Gasteiger partial charge >= 0.3 is 0 Å². The topological polar surface area (TPSA) is 112 Å². The number of likely N-dealkylation sites (N-methyl/N-ethyl adjacent to an activating group) is 1. The molecule has 0 saturated carbocycles. The predicted molar refractivity (Wildman–Crippen MR) is 182 cm³/mol. The average Bonchev–Trinajstić information content (AvgIpc) is 3.81. The van der Waals surface area contributed by atoms with Gasteiger partial charge in [-0.25, -0.2) is 4.39 Å². The number of para-hydroxylation sites is 1. The van der Waals surface area contributed by atoms with Crippen LogP contribution in [0, 0.1) is 5.82 Å². The van der Waals surface area contributed by atoms with Gasteiger partial charge in [0.15, 0.2) is 17.3 Å². The van der Waals surface area contributed by atoms with Gasteiger partial charge in [0.25, 0.3) is 5.91 Å². The summed E-state index contributed by atoms with van der Waals surface area (Å²) < 4.78 is 30.8. The normalized spacial score (nSPS) is 17.4. The van der Waals surface area contributed by atoms with E-state index in [0.717, 1.165) is 36.7 Å². The molecule has 3 aromatic carbocycles. The van der Waals surface area contributed by atoms with Gasteiger partial charge in [-0.15, -0.1) is 0 Å². The van der Waals surface area contributed by atoms with Crippen LogP contribution >= 0.6 is 0 Å². The number of nitrogens with one attached hydrogen (secondary N) is 2. The average molecular weight is 653 g/mol. The molecule has 2 fully saturated rings. The van der Waals surface area contributed by atoms with Crippen molar-refractivity contribution in [3.63, 3.8) is 0 Å². The third-order valence-corrected chi connectivity index (χ3v) is 9.59. The zero-order valence-corrected chi connectivity index (χ0v) is 27.0. The van der Waals surface area contributed by atoms with Crippen LogP contribution in [0.2, 0.25) is 0 Å². The van der Waals surface area contributed by atoms with Crippen molar-refractivity contribution >= 4 is 50.3 Å². The second-order valence-electron chi connectivity index (χ2n) is 13.2. The van der Waals surface area contributed by atoms with Crippen molar-refractivity contribution in [3.05, 3.63) is 70.3 Å². The summed E-state index contributed by atoms with van der Waals surface area (Å²) in [5, 5.41) is 7.73. The highest BCUT2D eigenvalue weighted by Gasteiger charge is 2.34. The van der Waals surface area contributed by atoms with E-state index in [1.54, 1.807) is 9.47 Å². The Morgan fingerprint density at radius 2 is 1.83 bits per heavy atom. The number of halogens is 1. The van der Waals surface area contributed by atoms with E-state index in [1.165, 1.54) is 12.3 Å². The van der Waals surface area contributed by atoms with Crippen LogP contribution in [0.25, 0.3) is 38.5 Å². The maximum absolute atomic E-state index is 16.3. The number of benzene rings is 3. The van der Waals surface area contributed by atoms with Gasteiger partial charge in [0, 0.05) is 55.3 Å². The molecular weight excluding hydrogens is 615 g/mol. The highest BCUT2D eigenvalue weighted by atomic mass is 19.1. The minimum Gasteiger partial charge on any atom is -0.456 e. The molecule has 3 aliphatic rings. The fourth-order valence-corrected chi connectivity index (χ4v) is 7.35. The van der Waals surface area contributed by atoms with Gasteiger partial charge in [-0.05, 0) is 64.6 Å². The van der Waals surface area contributed by atoms with Gasteiger partial charge in [-0.2, -0.15) is 0 Å². The lowest BCUT2D eigenvalue weighted by Crippen LogP contribution is -2.41. The van der Waals surface area contributed by atoms with Crippen molar-refractivity contribution in [1.29, 1.82) is 0 Å². The lowest BCUT2D eigenvalue weighted by atomic mass is 10.0. The Morgan fingerprint density at radius 1 is 1.02 bits per heavy atom. The van der Waals surface area contributed by atoms with Crippen LogP contribution in [0.15, 0.2) is 57.9 Å².